The van der Waals surface area contributed by atoms with Crippen LogP contribution in [0.3, 0.4) is 0 Å². The van der Waals surface area contributed by atoms with Gasteiger partial charge in [0, 0.05) is 0 Å². The smallest absolute Gasteiger partial charge is 0.348 e. The average molecular weight is 509 g/mol. The van der Waals surface area contributed by atoms with E-state index in [1.165, 1.54) is 32.4 Å². The first-order chi connectivity index (χ1) is 16.2. The first-order valence-corrected chi connectivity index (χ1v) is 11.3. The number of nitrogens with one attached hydrogen (secondary N) is 2. The van der Waals surface area contributed by atoms with Gasteiger partial charge in [0.25, 0.3) is 0 Å². The maximum absolute atomic E-state index is 12.6. The molecule has 34 heavy (non-hydrogen) atoms. The number of carbonyl (C=O) groups is 4. The molecule has 0 aliphatic heterocycles. The topological polar surface area (TPSA) is 129 Å². The molecular formula is C22H24N2O8S2. The zero-order chi connectivity index (χ0) is 25.4. The van der Waals surface area contributed by atoms with Crippen LogP contribution in [-0.4, -0.2) is 56.4 Å². The van der Waals surface area contributed by atoms with Crippen LogP contribution in [0.2, 0.25) is 0 Å². The lowest BCUT2D eigenvalue weighted by molar-refractivity contribution is 0.0525. The summed E-state index contributed by atoms with van der Waals surface area (Å²) in [5, 5.41) is 5.92. The number of anilines is 2. The second-order valence-electron chi connectivity index (χ2n) is 6.52. The molecule has 182 valence electrons. The first-order valence-electron chi connectivity index (χ1n) is 10.0. The van der Waals surface area contributed by atoms with E-state index < -0.39 is 23.9 Å². The lowest BCUT2D eigenvalue weighted by atomic mass is 10.1. The SMILES string of the molecule is CCOC(=O)c1sc(NC(=S)Nc2cc(C(=O)OC)ccc2C(=O)OC)c(C(=O)OCC)c1C. The second kappa shape index (κ2) is 12.1. The summed E-state index contributed by atoms with van der Waals surface area (Å²) in [5.74, 6) is -2.50. The Balaban J connectivity index is 2.43. The molecular weight excluding hydrogens is 484 g/mol. The fourth-order valence-corrected chi connectivity index (χ4v) is 4.25. The standard InChI is InChI=1S/C22H24N2O8S2/c1-6-31-20(27)15-11(3)16(21(28)32-7-2)34-17(15)24-22(33)23-14-10-12(18(25)29-4)8-9-13(14)19(26)30-5/h8-10H,6-7H2,1-5H3,(H2,23,24,33). The predicted octanol–water partition coefficient (Wildman–Crippen LogP) is 3.79. The van der Waals surface area contributed by atoms with E-state index in [0.29, 0.717) is 5.56 Å². The molecule has 10 nitrogen and oxygen atoms in total. The quantitative estimate of drug-likeness (QED) is 0.307. The van der Waals surface area contributed by atoms with E-state index in [2.05, 4.69) is 10.6 Å². The Hall–Kier alpha value is -3.51. The molecule has 2 N–H and O–H groups in total. The molecule has 0 unspecified atom stereocenters. The molecule has 1 aromatic heterocycles. The minimum Gasteiger partial charge on any atom is -0.465 e. The van der Waals surface area contributed by atoms with Crippen LogP contribution in [0, 0.1) is 6.92 Å². The van der Waals surface area contributed by atoms with Gasteiger partial charge in [-0.15, -0.1) is 11.3 Å². The molecule has 0 amide bonds. The summed E-state index contributed by atoms with van der Waals surface area (Å²) >= 11 is 6.34. The third kappa shape index (κ3) is 6.08. The van der Waals surface area contributed by atoms with Crippen molar-refractivity contribution in [2.75, 3.05) is 38.1 Å². The number of hydrogen-bond donors (Lipinski definition) is 2. The van der Waals surface area contributed by atoms with Crippen LogP contribution in [0.4, 0.5) is 10.7 Å². The molecule has 0 bridgehead atoms. The largest absolute Gasteiger partial charge is 0.465 e. The molecule has 2 aromatic rings. The van der Waals surface area contributed by atoms with Crippen LogP contribution in [0.15, 0.2) is 18.2 Å². The number of esters is 4. The maximum Gasteiger partial charge on any atom is 0.348 e. The zero-order valence-corrected chi connectivity index (χ0v) is 20.9. The number of ether oxygens (including phenoxy) is 4. The lowest BCUT2D eigenvalue weighted by Gasteiger charge is -2.14. The fraction of sp³-hybridized carbons (Fsp3) is 0.318. The summed E-state index contributed by atoms with van der Waals surface area (Å²) < 4.78 is 19.7. The van der Waals surface area contributed by atoms with Gasteiger partial charge in [-0.05, 0) is 56.8 Å². The minimum atomic E-state index is -0.662. The van der Waals surface area contributed by atoms with Crippen molar-refractivity contribution in [1.29, 1.82) is 0 Å². The number of carbonyl (C=O) groups excluding carboxylic acids is 4. The van der Waals surface area contributed by atoms with Crippen molar-refractivity contribution in [1.82, 2.24) is 0 Å². The summed E-state index contributed by atoms with van der Waals surface area (Å²) in [6.07, 6.45) is 0. The Kier molecular flexibility index (Phi) is 9.51. The summed E-state index contributed by atoms with van der Waals surface area (Å²) in [4.78, 5) is 49.2. The molecule has 0 atom stereocenters. The third-order valence-corrected chi connectivity index (χ3v) is 5.80. The van der Waals surface area contributed by atoms with Crippen LogP contribution >= 0.6 is 23.6 Å². The van der Waals surface area contributed by atoms with Gasteiger partial charge in [-0.3, -0.25) is 0 Å². The number of hydrogen-bond acceptors (Lipinski definition) is 10. The van der Waals surface area contributed by atoms with E-state index in [9.17, 15) is 19.2 Å². The zero-order valence-electron chi connectivity index (χ0n) is 19.2. The third-order valence-electron chi connectivity index (χ3n) is 4.41. The molecule has 1 aromatic carbocycles. The van der Waals surface area contributed by atoms with Crippen molar-refractivity contribution in [3.05, 3.63) is 45.3 Å². The Morgan fingerprint density at radius 2 is 1.53 bits per heavy atom. The minimum absolute atomic E-state index is 0.0191. The van der Waals surface area contributed by atoms with Crippen molar-refractivity contribution < 1.29 is 38.1 Å². The highest BCUT2D eigenvalue weighted by Gasteiger charge is 2.27. The fourth-order valence-electron chi connectivity index (χ4n) is 2.88. The first kappa shape index (κ1) is 26.7. The molecule has 12 heteroatoms. The van der Waals surface area contributed by atoms with Crippen molar-refractivity contribution in [2.24, 2.45) is 0 Å². The van der Waals surface area contributed by atoms with E-state index in [0.717, 1.165) is 11.3 Å². The Bertz CT molecular complexity index is 1130. The van der Waals surface area contributed by atoms with Crippen molar-refractivity contribution >= 4 is 63.2 Å². The van der Waals surface area contributed by atoms with Crippen LogP contribution in [-0.2, 0) is 18.9 Å². The molecule has 0 saturated heterocycles. The van der Waals surface area contributed by atoms with Gasteiger partial charge in [-0.2, -0.15) is 0 Å². The van der Waals surface area contributed by atoms with Gasteiger partial charge < -0.3 is 29.6 Å². The van der Waals surface area contributed by atoms with E-state index in [1.807, 2.05) is 0 Å². The number of methoxy groups -OCH3 is 2. The number of rotatable bonds is 8. The van der Waals surface area contributed by atoms with Crippen LogP contribution in [0.25, 0.3) is 0 Å². The Morgan fingerprint density at radius 1 is 0.912 bits per heavy atom. The highest BCUT2D eigenvalue weighted by Crippen LogP contribution is 2.34. The normalized spacial score (nSPS) is 10.1. The van der Waals surface area contributed by atoms with Crippen molar-refractivity contribution in [3.63, 3.8) is 0 Å². The predicted molar refractivity (Wildman–Crippen MR) is 130 cm³/mol. The molecule has 0 spiro atoms. The maximum atomic E-state index is 12.6. The van der Waals surface area contributed by atoms with Crippen LogP contribution < -0.4 is 10.6 Å². The average Bonchev–Trinajstić information content (AvgIpc) is 3.13. The van der Waals surface area contributed by atoms with Crippen LogP contribution in [0.1, 0.15) is 60.2 Å². The van der Waals surface area contributed by atoms with Gasteiger partial charge >= 0.3 is 23.9 Å². The van der Waals surface area contributed by atoms with Gasteiger partial charge in [0.1, 0.15) is 9.88 Å². The van der Waals surface area contributed by atoms with Crippen LogP contribution in [0.5, 0.6) is 0 Å². The van der Waals surface area contributed by atoms with Gasteiger partial charge in [-0.1, -0.05) is 0 Å². The van der Waals surface area contributed by atoms with E-state index in [1.54, 1.807) is 20.8 Å². The Morgan fingerprint density at radius 3 is 2.12 bits per heavy atom. The second-order valence-corrected chi connectivity index (χ2v) is 7.95. The van der Waals surface area contributed by atoms with E-state index in [-0.39, 0.29) is 50.6 Å². The summed E-state index contributed by atoms with van der Waals surface area (Å²) in [7, 11) is 2.45. The molecule has 0 saturated carbocycles. The molecule has 1 heterocycles. The molecule has 0 aliphatic rings. The van der Waals surface area contributed by atoms with Crippen molar-refractivity contribution in [3.8, 4) is 0 Å². The van der Waals surface area contributed by atoms with E-state index >= 15 is 0 Å². The molecule has 0 aliphatic carbocycles. The van der Waals surface area contributed by atoms with Crippen molar-refractivity contribution in [2.45, 2.75) is 20.8 Å². The number of thiophene rings is 1. The summed E-state index contributed by atoms with van der Waals surface area (Å²) in [6, 6.07) is 4.18. The lowest BCUT2D eigenvalue weighted by Crippen LogP contribution is -2.22. The summed E-state index contributed by atoms with van der Waals surface area (Å²) in [6.45, 7) is 5.24. The van der Waals surface area contributed by atoms with Gasteiger partial charge in [-0.25, -0.2) is 19.2 Å². The Labute approximate surface area is 205 Å². The molecule has 0 fully saturated rings. The van der Waals surface area contributed by atoms with Gasteiger partial charge in [0.2, 0.25) is 0 Å². The number of thiocarbonyl (C=S) groups is 1. The molecule has 2 rings (SSSR count). The van der Waals surface area contributed by atoms with Gasteiger partial charge in [0.15, 0.2) is 5.11 Å². The highest BCUT2D eigenvalue weighted by atomic mass is 32.1. The highest BCUT2D eigenvalue weighted by molar-refractivity contribution is 7.80. The number of benzene rings is 1. The molecule has 0 radical (unpaired) electrons. The monoisotopic (exact) mass is 508 g/mol. The van der Waals surface area contributed by atoms with E-state index in [4.69, 9.17) is 31.2 Å². The summed E-state index contributed by atoms with van der Waals surface area (Å²) in [5.41, 5.74) is 0.971. The van der Waals surface area contributed by atoms with Gasteiger partial charge in [0.05, 0.1) is 49.8 Å².